The Kier molecular flexibility index (Phi) is 6.87. The maximum Gasteiger partial charge on any atom is 0.346 e. The molecule has 0 bridgehead atoms. The molecule has 1 aromatic carbocycles. The van der Waals surface area contributed by atoms with Crippen molar-refractivity contribution in [3.8, 4) is 5.75 Å². The number of thiocarbonyl (C=S) groups is 1. The van der Waals surface area contributed by atoms with Gasteiger partial charge in [-0.15, -0.1) is 0 Å². The van der Waals surface area contributed by atoms with Crippen LogP contribution in [0.4, 0.5) is 5.69 Å². The summed E-state index contributed by atoms with van der Waals surface area (Å²) in [4.78, 5) is 39.9. The average Bonchev–Trinajstić information content (AvgIpc) is 3.22. The molecule has 0 saturated heterocycles. The number of esters is 2. The molecule has 0 fully saturated rings. The number of carbonyl (C=O) groups is 3. The Morgan fingerprint density at radius 1 is 1.06 bits per heavy atom. The lowest BCUT2D eigenvalue weighted by Gasteiger charge is -2.45. The third-order valence-electron chi connectivity index (χ3n) is 4.99. The van der Waals surface area contributed by atoms with Crippen molar-refractivity contribution in [1.29, 1.82) is 0 Å². The number of fused-ring (bicyclic) bond motifs is 1. The molecular formula is C22H21NO6S3. The highest BCUT2D eigenvalue weighted by Gasteiger charge is 2.46. The average molecular weight is 492 g/mol. The molecule has 0 aliphatic carbocycles. The van der Waals surface area contributed by atoms with Crippen LogP contribution in [0.3, 0.4) is 0 Å². The number of anilines is 1. The van der Waals surface area contributed by atoms with E-state index in [1.807, 2.05) is 19.9 Å². The fourth-order valence-corrected chi connectivity index (χ4v) is 6.50. The van der Waals surface area contributed by atoms with Gasteiger partial charge in [0.05, 0.1) is 41.7 Å². The highest BCUT2D eigenvalue weighted by molar-refractivity contribution is 8.29. The van der Waals surface area contributed by atoms with Crippen LogP contribution in [0.1, 0.15) is 19.4 Å². The van der Waals surface area contributed by atoms with Crippen LogP contribution in [-0.4, -0.2) is 49.6 Å². The Hall–Kier alpha value is -2.56. The second-order valence-electron chi connectivity index (χ2n) is 7.13. The van der Waals surface area contributed by atoms with Crippen molar-refractivity contribution < 1.29 is 28.6 Å². The molecule has 0 aromatic heterocycles. The van der Waals surface area contributed by atoms with E-state index < -0.39 is 17.5 Å². The first-order valence-electron chi connectivity index (χ1n) is 9.33. The molecule has 0 unspecified atom stereocenters. The van der Waals surface area contributed by atoms with Gasteiger partial charge in [-0.1, -0.05) is 54.5 Å². The number of hydrogen-bond acceptors (Lipinski definition) is 9. The number of rotatable bonds is 4. The number of nitrogens with zero attached hydrogens (tertiary/aromatic N) is 1. The largest absolute Gasteiger partial charge is 0.495 e. The van der Waals surface area contributed by atoms with Crippen LogP contribution < -0.4 is 9.64 Å². The predicted molar refractivity (Wildman–Crippen MR) is 131 cm³/mol. The first-order valence-corrected chi connectivity index (χ1v) is 11.4. The molecule has 2 heterocycles. The Morgan fingerprint density at radius 3 is 2.09 bits per heavy atom. The lowest BCUT2D eigenvalue weighted by Crippen LogP contribution is -2.55. The minimum absolute atomic E-state index is 0.126. The Bertz CT molecular complexity index is 1090. The topological polar surface area (TPSA) is 82.1 Å². The fraction of sp³-hybridized carbons (Fsp3) is 0.273. The van der Waals surface area contributed by atoms with Gasteiger partial charge in [-0.05, 0) is 26.0 Å². The zero-order valence-electron chi connectivity index (χ0n) is 18.1. The molecule has 1 amide bonds. The van der Waals surface area contributed by atoms with Crippen LogP contribution in [0.5, 0.6) is 5.75 Å². The Morgan fingerprint density at radius 2 is 1.62 bits per heavy atom. The Labute approximate surface area is 199 Å². The second kappa shape index (κ2) is 9.13. The number of para-hydroxylation sites is 1. The summed E-state index contributed by atoms with van der Waals surface area (Å²) >= 11 is 8.05. The van der Waals surface area contributed by atoms with Gasteiger partial charge < -0.3 is 14.2 Å². The minimum atomic E-state index is -0.925. The van der Waals surface area contributed by atoms with Crippen molar-refractivity contribution in [1.82, 2.24) is 0 Å². The third-order valence-corrected chi connectivity index (χ3v) is 8.25. The van der Waals surface area contributed by atoms with Crippen LogP contribution in [0.15, 0.2) is 44.9 Å². The molecule has 0 N–H and O–H groups in total. The van der Waals surface area contributed by atoms with Crippen molar-refractivity contribution in [2.45, 2.75) is 19.4 Å². The number of methoxy groups -OCH3 is 3. The van der Waals surface area contributed by atoms with E-state index in [0.29, 0.717) is 31.7 Å². The summed E-state index contributed by atoms with van der Waals surface area (Å²) in [6.45, 7) is 7.28. The van der Waals surface area contributed by atoms with E-state index in [4.69, 9.17) is 26.4 Å². The molecule has 0 spiro atoms. The molecule has 168 valence electrons. The highest BCUT2D eigenvalue weighted by Crippen LogP contribution is 2.57. The number of carbonyl (C=O) groups excluding carboxylic acids is 3. The molecule has 0 radical (unpaired) electrons. The molecule has 1 aromatic rings. The summed E-state index contributed by atoms with van der Waals surface area (Å²) in [5.41, 5.74) is 0.898. The first kappa shape index (κ1) is 24.1. The van der Waals surface area contributed by atoms with Crippen LogP contribution in [0.2, 0.25) is 0 Å². The fourth-order valence-electron chi connectivity index (χ4n) is 3.46. The summed E-state index contributed by atoms with van der Waals surface area (Å²) in [7, 11) is 4.01. The van der Waals surface area contributed by atoms with Gasteiger partial charge in [-0.2, -0.15) is 0 Å². The quantitative estimate of drug-likeness (QED) is 0.351. The molecule has 0 saturated carbocycles. The number of hydrogen-bond donors (Lipinski definition) is 0. The zero-order chi connectivity index (χ0) is 23.8. The van der Waals surface area contributed by atoms with E-state index in [2.05, 4.69) is 6.58 Å². The molecule has 32 heavy (non-hydrogen) atoms. The summed E-state index contributed by atoms with van der Waals surface area (Å²) < 4.78 is 15.9. The van der Waals surface area contributed by atoms with Crippen molar-refractivity contribution >= 4 is 69.7 Å². The summed E-state index contributed by atoms with van der Waals surface area (Å²) in [6.07, 6.45) is 1.23. The monoisotopic (exact) mass is 491 g/mol. The van der Waals surface area contributed by atoms with Gasteiger partial charge in [0.2, 0.25) is 0 Å². The van der Waals surface area contributed by atoms with Crippen molar-refractivity contribution in [2.75, 3.05) is 26.2 Å². The van der Waals surface area contributed by atoms with Crippen LogP contribution in [-0.2, 0) is 23.9 Å². The lowest BCUT2D eigenvalue weighted by molar-refractivity contribution is -0.138. The Balaban J connectivity index is 2.31. The maximum atomic E-state index is 12.9. The normalized spacial score (nSPS) is 17.2. The maximum absolute atomic E-state index is 12.9. The van der Waals surface area contributed by atoms with E-state index in [9.17, 15) is 14.4 Å². The smallest absolute Gasteiger partial charge is 0.346 e. The standard InChI is InChI=1S/C22H21NO6S3/c1-7-13(24)23-15-11(9-8-10-12(15)27-4)14(18(30)22(23,2)3)21-31-16(19(25)28-5)17(32-21)20(26)29-6/h7-10H,1H2,2-6H3. The van der Waals surface area contributed by atoms with E-state index in [0.717, 1.165) is 23.5 Å². The van der Waals surface area contributed by atoms with Gasteiger partial charge in [0.1, 0.15) is 15.6 Å². The van der Waals surface area contributed by atoms with Crippen LogP contribution in [0, 0.1) is 0 Å². The SMILES string of the molecule is C=CC(=O)N1c2c(OC)cccc2C(=C2SC(C(=O)OC)=C(C(=O)OC)S2)C(=S)C1(C)C. The molecule has 0 atom stereocenters. The van der Waals surface area contributed by atoms with E-state index in [-0.39, 0.29) is 15.7 Å². The van der Waals surface area contributed by atoms with Crippen molar-refractivity contribution in [3.05, 3.63) is 50.5 Å². The van der Waals surface area contributed by atoms with Gasteiger partial charge in [0.25, 0.3) is 5.91 Å². The number of ether oxygens (including phenoxy) is 3. The van der Waals surface area contributed by atoms with Gasteiger partial charge in [0, 0.05) is 11.1 Å². The predicted octanol–water partition coefficient (Wildman–Crippen LogP) is 4.08. The summed E-state index contributed by atoms with van der Waals surface area (Å²) in [5.74, 6) is -1.14. The van der Waals surface area contributed by atoms with Crippen molar-refractivity contribution in [3.63, 3.8) is 0 Å². The highest BCUT2D eigenvalue weighted by atomic mass is 32.2. The number of amides is 1. The van der Waals surface area contributed by atoms with E-state index in [1.165, 1.54) is 27.4 Å². The lowest BCUT2D eigenvalue weighted by atomic mass is 9.83. The van der Waals surface area contributed by atoms with Crippen LogP contribution in [0.25, 0.3) is 5.57 Å². The molecular weight excluding hydrogens is 470 g/mol. The third kappa shape index (κ3) is 3.76. The molecule has 3 rings (SSSR count). The molecule has 10 heteroatoms. The zero-order valence-corrected chi connectivity index (χ0v) is 20.6. The second-order valence-corrected chi connectivity index (χ2v) is 9.84. The molecule has 2 aliphatic rings. The minimum Gasteiger partial charge on any atom is -0.495 e. The molecule has 2 aliphatic heterocycles. The van der Waals surface area contributed by atoms with E-state index >= 15 is 0 Å². The first-order chi connectivity index (χ1) is 15.1. The van der Waals surface area contributed by atoms with Crippen LogP contribution >= 0.6 is 35.7 Å². The van der Waals surface area contributed by atoms with E-state index in [1.54, 1.807) is 17.0 Å². The number of thioether (sulfide) groups is 2. The van der Waals surface area contributed by atoms with Gasteiger partial charge in [-0.25, -0.2) is 9.59 Å². The van der Waals surface area contributed by atoms with Crippen molar-refractivity contribution in [2.24, 2.45) is 0 Å². The summed E-state index contributed by atoms with van der Waals surface area (Å²) in [6, 6.07) is 5.36. The molecule has 7 nitrogen and oxygen atoms in total. The van der Waals surface area contributed by atoms with Gasteiger partial charge in [0.15, 0.2) is 0 Å². The van der Waals surface area contributed by atoms with Gasteiger partial charge >= 0.3 is 11.9 Å². The summed E-state index contributed by atoms with van der Waals surface area (Å²) in [5, 5.41) is 0. The van der Waals surface area contributed by atoms with Gasteiger partial charge in [-0.3, -0.25) is 9.69 Å². The number of benzene rings is 1.